The van der Waals surface area contributed by atoms with Gasteiger partial charge in [0, 0.05) is 40.6 Å². The molecule has 3 aromatic heterocycles. The van der Waals surface area contributed by atoms with Crippen LogP contribution in [0.15, 0.2) is 48.7 Å². The van der Waals surface area contributed by atoms with Gasteiger partial charge in [-0.15, -0.1) is 0 Å². The number of nitrogens with zero attached hydrogens (tertiary/aromatic N) is 2. The molecule has 6 N–H and O–H groups in total. The van der Waals surface area contributed by atoms with Gasteiger partial charge in [0.05, 0.1) is 16.1 Å². The predicted molar refractivity (Wildman–Crippen MR) is 120 cm³/mol. The van der Waals surface area contributed by atoms with E-state index in [4.69, 9.17) is 11.5 Å². The van der Waals surface area contributed by atoms with Crippen LogP contribution in [0.4, 0.5) is 5.13 Å². The van der Waals surface area contributed by atoms with Gasteiger partial charge in [-0.2, -0.15) is 5.10 Å². The molecule has 0 fully saturated rings. The molecule has 2 aromatic carbocycles. The summed E-state index contributed by atoms with van der Waals surface area (Å²) in [5.41, 5.74) is 19.0. The van der Waals surface area contributed by atoms with Crippen molar-refractivity contribution in [3.8, 4) is 10.4 Å². The number of aryl methyl sites for hydroxylation is 1. The molecule has 6 nitrogen and oxygen atoms in total. The van der Waals surface area contributed by atoms with Gasteiger partial charge >= 0.3 is 0 Å². The third kappa shape index (κ3) is 3.28. The second kappa shape index (κ2) is 7.02. The molecule has 29 heavy (non-hydrogen) atoms. The molecule has 7 heteroatoms. The van der Waals surface area contributed by atoms with E-state index < -0.39 is 0 Å². The summed E-state index contributed by atoms with van der Waals surface area (Å²) in [7, 11) is 0. The SMILES string of the molecule is Cc1[nH]nc2ccc(-c3sc(N)nc3C[C@@H](N)Cc3c[nH]c4ccccc34)cc12. The topological polar surface area (TPSA) is 109 Å². The maximum absolute atomic E-state index is 6.54. The van der Waals surface area contributed by atoms with Gasteiger partial charge in [-0.05, 0) is 42.7 Å². The third-order valence-electron chi connectivity index (χ3n) is 5.33. The van der Waals surface area contributed by atoms with Crippen LogP contribution in [-0.2, 0) is 12.8 Å². The van der Waals surface area contributed by atoms with E-state index >= 15 is 0 Å². The molecule has 0 bridgehead atoms. The van der Waals surface area contributed by atoms with Crippen molar-refractivity contribution < 1.29 is 0 Å². The first-order valence-corrected chi connectivity index (χ1v) is 10.4. The molecular formula is C22H22N6S. The van der Waals surface area contributed by atoms with Crippen molar-refractivity contribution in [1.29, 1.82) is 0 Å². The number of aromatic nitrogens is 4. The summed E-state index contributed by atoms with van der Waals surface area (Å²) in [6.07, 6.45) is 3.50. The van der Waals surface area contributed by atoms with E-state index in [9.17, 15) is 0 Å². The fourth-order valence-corrected chi connectivity index (χ4v) is 4.77. The second-order valence-electron chi connectivity index (χ2n) is 7.44. The number of aromatic amines is 2. The number of fused-ring (bicyclic) bond motifs is 2. The summed E-state index contributed by atoms with van der Waals surface area (Å²) in [6.45, 7) is 2.03. The number of nitrogen functional groups attached to an aromatic ring is 1. The summed E-state index contributed by atoms with van der Waals surface area (Å²) in [5, 5.41) is 10.3. The second-order valence-corrected chi connectivity index (χ2v) is 8.47. The van der Waals surface area contributed by atoms with E-state index in [0.717, 1.165) is 44.7 Å². The van der Waals surface area contributed by atoms with Gasteiger partial charge in [0.25, 0.3) is 0 Å². The van der Waals surface area contributed by atoms with Gasteiger partial charge in [-0.3, -0.25) is 5.10 Å². The lowest BCUT2D eigenvalue weighted by Gasteiger charge is -2.11. The third-order valence-corrected chi connectivity index (χ3v) is 6.31. The highest BCUT2D eigenvalue weighted by Gasteiger charge is 2.17. The summed E-state index contributed by atoms with van der Waals surface area (Å²) in [4.78, 5) is 9.00. The first kappa shape index (κ1) is 17.9. The van der Waals surface area contributed by atoms with Gasteiger partial charge in [0.2, 0.25) is 0 Å². The number of thiazole rings is 1. The number of para-hydroxylation sites is 1. The Kier molecular flexibility index (Phi) is 4.34. The minimum Gasteiger partial charge on any atom is -0.375 e. The van der Waals surface area contributed by atoms with Crippen molar-refractivity contribution in [2.75, 3.05) is 5.73 Å². The molecule has 5 aromatic rings. The van der Waals surface area contributed by atoms with E-state index in [-0.39, 0.29) is 6.04 Å². The molecule has 146 valence electrons. The number of rotatable bonds is 5. The van der Waals surface area contributed by atoms with E-state index in [0.29, 0.717) is 11.6 Å². The minimum atomic E-state index is -0.0474. The van der Waals surface area contributed by atoms with E-state index in [2.05, 4.69) is 56.7 Å². The molecule has 0 aliphatic rings. The molecule has 0 aliphatic heterocycles. The number of anilines is 1. The number of hydrogen-bond acceptors (Lipinski definition) is 5. The van der Waals surface area contributed by atoms with Crippen LogP contribution in [0.2, 0.25) is 0 Å². The normalized spacial score (nSPS) is 12.8. The Morgan fingerprint density at radius 3 is 2.86 bits per heavy atom. The average Bonchev–Trinajstić information content (AvgIpc) is 3.40. The van der Waals surface area contributed by atoms with Crippen molar-refractivity contribution >= 4 is 38.3 Å². The van der Waals surface area contributed by atoms with Crippen LogP contribution in [0.3, 0.4) is 0 Å². The van der Waals surface area contributed by atoms with Gasteiger partial charge in [0.1, 0.15) is 0 Å². The van der Waals surface area contributed by atoms with Gasteiger partial charge in [0.15, 0.2) is 5.13 Å². The Morgan fingerprint density at radius 2 is 1.97 bits per heavy atom. The Balaban J connectivity index is 1.43. The van der Waals surface area contributed by atoms with Gasteiger partial charge < -0.3 is 16.5 Å². The summed E-state index contributed by atoms with van der Waals surface area (Å²) in [6, 6.07) is 14.5. The zero-order chi connectivity index (χ0) is 20.0. The van der Waals surface area contributed by atoms with Crippen LogP contribution in [0.1, 0.15) is 17.0 Å². The lowest BCUT2D eigenvalue weighted by Crippen LogP contribution is -2.25. The van der Waals surface area contributed by atoms with Crippen LogP contribution >= 0.6 is 11.3 Å². The quantitative estimate of drug-likeness (QED) is 0.354. The van der Waals surface area contributed by atoms with E-state index in [1.807, 2.05) is 19.1 Å². The number of nitrogens with two attached hydrogens (primary N) is 2. The lowest BCUT2D eigenvalue weighted by atomic mass is 10.00. The highest BCUT2D eigenvalue weighted by molar-refractivity contribution is 7.18. The first-order valence-electron chi connectivity index (χ1n) is 9.59. The minimum absolute atomic E-state index is 0.0474. The van der Waals surface area contributed by atoms with Crippen LogP contribution in [0.5, 0.6) is 0 Å². The maximum Gasteiger partial charge on any atom is 0.180 e. The monoisotopic (exact) mass is 402 g/mol. The molecule has 5 rings (SSSR count). The molecule has 1 atom stereocenters. The smallest absolute Gasteiger partial charge is 0.180 e. The summed E-state index contributed by atoms with van der Waals surface area (Å²) >= 11 is 1.51. The molecule has 0 saturated heterocycles. The molecule has 0 spiro atoms. The molecule has 0 unspecified atom stereocenters. The number of hydrogen-bond donors (Lipinski definition) is 4. The maximum atomic E-state index is 6.54. The van der Waals surface area contributed by atoms with Crippen LogP contribution < -0.4 is 11.5 Å². The van der Waals surface area contributed by atoms with Crippen molar-refractivity contribution in [1.82, 2.24) is 20.2 Å². The van der Waals surface area contributed by atoms with Crippen LogP contribution in [0, 0.1) is 6.92 Å². The highest BCUT2D eigenvalue weighted by atomic mass is 32.1. The van der Waals surface area contributed by atoms with Gasteiger partial charge in [-0.25, -0.2) is 4.98 Å². The molecule has 0 saturated carbocycles. The number of H-pyrrole nitrogens is 2. The van der Waals surface area contributed by atoms with E-state index in [1.165, 1.54) is 22.3 Å². The predicted octanol–water partition coefficient (Wildman–Crippen LogP) is 4.17. The Morgan fingerprint density at radius 1 is 1.10 bits per heavy atom. The first-order chi connectivity index (χ1) is 14.1. The molecule has 3 heterocycles. The van der Waals surface area contributed by atoms with Crippen LogP contribution in [-0.4, -0.2) is 26.2 Å². The van der Waals surface area contributed by atoms with Crippen molar-refractivity contribution in [3.05, 3.63) is 65.6 Å². The van der Waals surface area contributed by atoms with Crippen molar-refractivity contribution in [2.45, 2.75) is 25.8 Å². The molecule has 0 aliphatic carbocycles. The molecule has 0 amide bonds. The Labute approximate surface area is 172 Å². The lowest BCUT2D eigenvalue weighted by molar-refractivity contribution is 0.660. The van der Waals surface area contributed by atoms with Crippen molar-refractivity contribution in [2.24, 2.45) is 5.73 Å². The fraction of sp³-hybridized carbons (Fsp3) is 0.182. The summed E-state index contributed by atoms with van der Waals surface area (Å²) < 4.78 is 0. The highest BCUT2D eigenvalue weighted by Crippen LogP contribution is 2.34. The molecule has 0 radical (unpaired) electrons. The van der Waals surface area contributed by atoms with Crippen LogP contribution in [0.25, 0.3) is 32.2 Å². The number of nitrogens with one attached hydrogen (secondary N) is 2. The Hall–Kier alpha value is -3.16. The summed E-state index contributed by atoms with van der Waals surface area (Å²) in [5.74, 6) is 0. The number of benzene rings is 2. The molecular weight excluding hydrogens is 380 g/mol. The fourth-order valence-electron chi connectivity index (χ4n) is 3.92. The van der Waals surface area contributed by atoms with E-state index in [1.54, 1.807) is 0 Å². The Bertz CT molecular complexity index is 1310. The van der Waals surface area contributed by atoms with Gasteiger partial charge in [-0.1, -0.05) is 35.6 Å². The standard InChI is InChI=1S/C22H22N6S/c1-12-17-9-13(6-7-19(17)28-27-12)21-20(26-22(24)29-21)10-15(23)8-14-11-25-18-5-3-2-4-16(14)18/h2-7,9,11,15,25H,8,10,23H2,1H3,(H2,24,26)(H,27,28)/t15-/m0/s1. The largest absolute Gasteiger partial charge is 0.375 e. The zero-order valence-electron chi connectivity index (χ0n) is 16.1. The average molecular weight is 403 g/mol. The zero-order valence-corrected chi connectivity index (χ0v) is 16.9. The van der Waals surface area contributed by atoms with Crippen molar-refractivity contribution in [3.63, 3.8) is 0 Å².